The van der Waals surface area contributed by atoms with Gasteiger partial charge in [-0.05, 0) is 29.8 Å². The van der Waals surface area contributed by atoms with Gasteiger partial charge in [-0.15, -0.1) is 0 Å². The zero-order chi connectivity index (χ0) is 17.5. The van der Waals surface area contributed by atoms with Crippen molar-refractivity contribution in [2.45, 2.75) is 13.1 Å². The Bertz CT molecular complexity index is 770. The highest BCUT2D eigenvalue weighted by Crippen LogP contribution is 2.20. The van der Waals surface area contributed by atoms with Crippen molar-refractivity contribution in [1.82, 2.24) is 14.7 Å². The van der Waals surface area contributed by atoms with Crippen LogP contribution in [0.1, 0.15) is 11.1 Å². The fourth-order valence-electron chi connectivity index (χ4n) is 2.86. The van der Waals surface area contributed by atoms with E-state index in [1.807, 2.05) is 35.1 Å². The predicted molar refractivity (Wildman–Crippen MR) is 97.8 cm³/mol. The van der Waals surface area contributed by atoms with Gasteiger partial charge in [0.15, 0.2) is 0 Å². The zero-order valence-electron chi connectivity index (χ0n) is 14.4. The molecule has 1 aromatic heterocycles. The maximum Gasteiger partial charge on any atom is 0.123 e. The summed E-state index contributed by atoms with van der Waals surface area (Å²) in [4.78, 5) is 2.21. The second-order valence-corrected chi connectivity index (χ2v) is 5.86. The SMILES string of the molecule is COc1ccccc1CN(CCO)Cc1ccc(-n2cccn2)cc1. The van der Waals surface area contributed by atoms with Gasteiger partial charge >= 0.3 is 0 Å². The molecule has 25 heavy (non-hydrogen) atoms. The largest absolute Gasteiger partial charge is 0.496 e. The van der Waals surface area contributed by atoms with Crippen LogP contribution < -0.4 is 4.74 Å². The summed E-state index contributed by atoms with van der Waals surface area (Å²) in [5, 5.41) is 13.6. The number of ether oxygens (including phenoxy) is 1. The molecule has 2 aromatic carbocycles. The van der Waals surface area contributed by atoms with Gasteiger partial charge in [0.25, 0.3) is 0 Å². The third kappa shape index (κ3) is 4.47. The van der Waals surface area contributed by atoms with E-state index in [9.17, 15) is 5.11 Å². The predicted octanol–water partition coefficient (Wildman–Crippen LogP) is 2.88. The molecule has 0 atom stereocenters. The minimum Gasteiger partial charge on any atom is -0.496 e. The molecule has 0 saturated carbocycles. The molecular weight excluding hydrogens is 314 g/mol. The van der Waals surface area contributed by atoms with Crippen LogP contribution in [-0.4, -0.2) is 40.0 Å². The van der Waals surface area contributed by atoms with Crippen molar-refractivity contribution < 1.29 is 9.84 Å². The van der Waals surface area contributed by atoms with E-state index in [0.717, 1.165) is 30.1 Å². The second-order valence-electron chi connectivity index (χ2n) is 5.86. The summed E-state index contributed by atoms with van der Waals surface area (Å²) >= 11 is 0. The van der Waals surface area contributed by atoms with Gasteiger partial charge in [0, 0.05) is 37.6 Å². The number of hydrogen-bond acceptors (Lipinski definition) is 4. The van der Waals surface area contributed by atoms with E-state index in [-0.39, 0.29) is 6.61 Å². The number of aromatic nitrogens is 2. The first-order valence-electron chi connectivity index (χ1n) is 8.34. The first kappa shape index (κ1) is 17.2. The number of rotatable bonds is 8. The molecule has 3 aromatic rings. The highest BCUT2D eigenvalue weighted by molar-refractivity contribution is 5.35. The lowest BCUT2D eigenvalue weighted by atomic mass is 10.1. The molecular formula is C20H23N3O2. The molecule has 0 unspecified atom stereocenters. The Kier molecular flexibility index (Phi) is 5.82. The third-order valence-corrected chi connectivity index (χ3v) is 4.11. The van der Waals surface area contributed by atoms with Gasteiger partial charge in [-0.1, -0.05) is 30.3 Å². The van der Waals surface area contributed by atoms with Gasteiger partial charge in [0.05, 0.1) is 19.4 Å². The topological polar surface area (TPSA) is 50.5 Å². The minimum atomic E-state index is 0.126. The van der Waals surface area contributed by atoms with Crippen LogP contribution in [0.15, 0.2) is 67.0 Å². The number of nitrogens with zero attached hydrogens (tertiary/aromatic N) is 3. The molecule has 0 aliphatic carbocycles. The lowest BCUT2D eigenvalue weighted by Crippen LogP contribution is -2.26. The van der Waals surface area contributed by atoms with Crippen molar-refractivity contribution in [3.05, 3.63) is 78.1 Å². The summed E-state index contributed by atoms with van der Waals surface area (Å²) in [6.45, 7) is 2.23. The monoisotopic (exact) mass is 337 g/mol. The highest BCUT2D eigenvalue weighted by Gasteiger charge is 2.10. The first-order chi connectivity index (χ1) is 12.3. The Morgan fingerprint density at radius 3 is 2.52 bits per heavy atom. The highest BCUT2D eigenvalue weighted by atomic mass is 16.5. The number of para-hydroxylation sites is 1. The van der Waals surface area contributed by atoms with E-state index >= 15 is 0 Å². The zero-order valence-corrected chi connectivity index (χ0v) is 14.4. The minimum absolute atomic E-state index is 0.126. The average Bonchev–Trinajstić information content (AvgIpc) is 3.18. The molecule has 1 heterocycles. The third-order valence-electron chi connectivity index (χ3n) is 4.11. The summed E-state index contributed by atoms with van der Waals surface area (Å²) in [5.74, 6) is 0.875. The van der Waals surface area contributed by atoms with Gasteiger partial charge in [-0.25, -0.2) is 4.68 Å². The molecule has 0 bridgehead atoms. The van der Waals surface area contributed by atoms with Crippen LogP contribution in [0.5, 0.6) is 5.75 Å². The maximum atomic E-state index is 9.40. The van der Waals surface area contributed by atoms with Gasteiger partial charge in [-0.2, -0.15) is 5.10 Å². The second kappa shape index (κ2) is 8.46. The molecule has 1 N–H and O–H groups in total. The molecule has 130 valence electrons. The fourth-order valence-corrected chi connectivity index (χ4v) is 2.86. The van der Waals surface area contributed by atoms with Gasteiger partial charge in [-0.3, -0.25) is 4.90 Å². The number of hydrogen-bond donors (Lipinski definition) is 1. The molecule has 0 spiro atoms. The molecule has 0 saturated heterocycles. The van der Waals surface area contributed by atoms with Gasteiger partial charge in [0.2, 0.25) is 0 Å². The van der Waals surface area contributed by atoms with Gasteiger partial charge < -0.3 is 9.84 Å². The molecule has 0 aliphatic heterocycles. The molecule has 0 radical (unpaired) electrons. The van der Waals surface area contributed by atoms with Crippen LogP contribution in [0, 0.1) is 0 Å². The number of aliphatic hydroxyl groups excluding tert-OH is 1. The quantitative estimate of drug-likeness (QED) is 0.687. The Hall–Kier alpha value is -2.63. The van der Waals surface area contributed by atoms with Crippen molar-refractivity contribution in [3.63, 3.8) is 0 Å². The summed E-state index contributed by atoms with van der Waals surface area (Å²) < 4.78 is 7.27. The molecule has 5 nitrogen and oxygen atoms in total. The molecule has 0 amide bonds. The molecule has 5 heteroatoms. The number of aliphatic hydroxyl groups is 1. The van der Waals surface area contributed by atoms with Crippen molar-refractivity contribution in [1.29, 1.82) is 0 Å². The van der Waals surface area contributed by atoms with Crippen molar-refractivity contribution in [3.8, 4) is 11.4 Å². The Morgan fingerprint density at radius 2 is 1.84 bits per heavy atom. The van der Waals surface area contributed by atoms with E-state index in [0.29, 0.717) is 6.54 Å². The Morgan fingerprint density at radius 1 is 1.04 bits per heavy atom. The fraction of sp³-hybridized carbons (Fsp3) is 0.250. The van der Waals surface area contributed by atoms with Crippen LogP contribution in [0.2, 0.25) is 0 Å². The average molecular weight is 337 g/mol. The summed E-state index contributed by atoms with van der Waals surface area (Å²) in [6, 6.07) is 18.2. The van der Waals surface area contributed by atoms with E-state index in [1.165, 1.54) is 5.56 Å². The Labute approximate surface area is 148 Å². The summed E-state index contributed by atoms with van der Waals surface area (Å²) in [5.41, 5.74) is 3.35. The molecule has 3 rings (SSSR count). The van der Waals surface area contributed by atoms with Crippen LogP contribution in [-0.2, 0) is 13.1 Å². The van der Waals surface area contributed by atoms with Crippen LogP contribution in [0.3, 0.4) is 0 Å². The van der Waals surface area contributed by atoms with Crippen LogP contribution in [0.4, 0.5) is 0 Å². The maximum absolute atomic E-state index is 9.40. The lowest BCUT2D eigenvalue weighted by Gasteiger charge is -2.22. The van der Waals surface area contributed by atoms with E-state index in [4.69, 9.17) is 4.74 Å². The standard InChI is InChI=1S/C20H23N3O2/c1-25-20-6-3-2-5-18(20)16-22(13-14-24)15-17-7-9-19(10-8-17)23-12-4-11-21-23/h2-12,24H,13-16H2,1H3. The number of methoxy groups -OCH3 is 1. The summed E-state index contributed by atoms with van der Waals surface area (Å²) in [6.07, 6.45) is 3.69. The van der Waals surface area contributed by atoms with Crippen molar-refractivity contribution >= 4 is 0 Å². The van der Waals surface area contributed by atoms with Crippen LogP contribution >= 0.6 is 0 Å². The lowest BCUT2D eigenvalue weighted by molar-refractivity contribution is 0.183. The Balaban J connectivity index is 1.71. The normalized spacial score (nSPS) is 11.0. The summed E-state index contributed by atoms with van der Waals surface area (Å²) in [7, 11) is 1.68. The van der Waals surface area contributed by atoms with E-state index in [2.05, 4.69) is 40.3 Å². The van der Waals surface area contributed by atoms with Crippen molar-refractivity contribution in [2.24, 2.45) is 0 Å². The first-order valence-corrected chi connectivity index (χ1v) is 8.34. The smallest absolute Gasteiger partial charge is 0.123 e. The molecule has 0 aliphatic rings. The van der Waals surface area contributed by atoms with E-state index < -0.39 is 0 Å². The van der Waals surface area contributed by atoms with Crippen molar-refractivity contribution in [2.75, 3.05) is 20.3 Å². The molecule has 0 fully saturated rings. The van der Waals surface area contributed by atoms with E-state index in [1.54, 1.807) is 13.3 Å². The van der Waals surface area contributed by atoms with Crippen LogP contribution in [0.25, 0.3) is 5.69 Å². The number of benzene rings is 2. The van der Waals surface area contributed by atoms with Gasteiger partial charge in [0.1, 0.15) is 5.75 Å².